The number of carbonyl (C=O) groups is 3. The number of furan rings is 1. The van der Waals surface area contributed by atoms with Crippen molar-refractivity contribution in [3.05, 3.63) is 51.9 Å². The normalized spacial score (nSPS) is 17.4. The minimum absolute atomic E-state index is 0.165. The van der Waals surface area contributed by atoms with Crippen LogP contribution in [-0.2, 0) is 22.4 Å². The van der Waals surface area contributed by atoms with Crippen LogP contribution in [-0.4, -0.2) is 35.3 Å². The Bertz CT molecular complexity index is 1060. The van der Waals surface area contributed by atoms with Gasteiger partial charge in [0, 0.05) is 16.6 Å². The molecule has 3 aliphatic carbocycles. The van der Waals surface area contributed by atoms with Crippen LogP contribution < -0.4 is 5.32 Å². The van der Waals surface area contributed by atoms with Gasteiger partial charge in [0.15, 0.2) is 12.4 Å². The van der Waals surface area contributed by atoms with Crippen LogP contribution in [0, 0.1) is 0 Å². The summed E-state index contributed by atoms with van der Waals surface area (Å²) in [6.07, 6.45) is 12.3. The number of esters is 1. The third-order valence-electron chi connectivity index (χ3n) is 6.18. The fourth-order valence-corrected chi connectivity index (χ4v) is 5.79. The minimum Gasteiger partial charge on any atom is -0.459 e. The number of anilines is 1. The first kappa shape index (κ1) is 21.0. The van der Waals surface area contributed by atoms with Gasteiger partial charge in [0.25, 0.3) is 11.8 Å². The molecule has 0 bridgehead atoms. The van der Waals surface area contributed by atoms with Crippen LogP contribution in [0.1, 0.15) is 76.3 Å². The van der Waals surface area contributed by atoms with Crippen molar-refractivity contribution in [3.8, 4) is 0 Å². The summed E-state index contributed by atoms with van der Waals surface area (Å²) in [4.78, 5) is 41.5. The average Bonchev–Trinajstić information content (AvgIpc) is 3.17. The number of nitrogens with one attached hydrogen (secondary N) is 1. The Labute approximate surface area is 190 Å². The Morgan fingerprint density at radius 2 is 2.03 bits per heavy atom. The second-order valence-electron chi connectivity index (χ2n) is 8.51. The summed E-state index contributed by atoms with van der Waals surface area (Å²) in [6.45, 7) is -0.289. The van der Waals surface area contributed by atoms with Crippen LogP contribution in [0.5, 0.6) is 0 Å². The van der Waals surface area contributed by atoms with Crippen LogP contribution in [0.15, 0.2) is 34.6 Å². The second-order valence-corrected chi connectivity index (χ2v) is 9.61. The molecule has 1 N–H and O–H groups in total. The van der Waals surface area contributed by atoms with Gasteiger partial charge in [-0.1, -0.05) is 6.08 Å². The topological polar surface area (TPSA) is 88.8 Å². The van der Waals surface area contributed by atoms with E-state index < -0.39 is 11.9 Å². The van der Waals surface area contributed by atoms with E-state index in [2.05, 4.69) is 11.4 Å². The number of rotatable bonds is 7. The van der Waals surface area contributed by atoms with E-state index >= 15 is 0 Å². The number of ether oxygens (including phenoxy) is 1. The zero-order valence-corrected chi connectivity index (χ0v) is 18.7. The number of nitrogens with zero attached hydrogens (tertiary/aromatic N) is 1. The third kappa shape index (κ3) is 4.24. The highest BCUT2D eigenvalue weighted by Crippen LogP contribution is 2.40. The van der Waals surface area contributed by atoms with Crippen molar-refractivity contribution in [3.63, 3.8) is 0 Å². The van der Waals surface area contributed by atoms with Crippen LogP contribution in [0.2, 0.25) is 0 Å². The lowest BCUT2D eigenvalue weighted by Crippen LogP contribution is -2.36. The average molecular weight is 455 g/mol. The summed E-state index contributed by atoms with van der Waals surface area (Å²) in [7, 11) is 0. The summed E-state index contributed by atoms with van der Waals surface area (Å²) in [5, 5.41) is 3.25. The predicted molar refractivity (Wildman–Crippen MR) is 120 cm³/mol. The quantitative estimate of drug-likeness (QED) is 0.613. The maximum Gasteiger partial charge on any atom is 0.341 e. The lowest BCUT2D eigenvalue weighted by molar-refractivity contribution is -0.133. The molecule has 8 heteroatoms. The molecule has 0 radical (unpaired) electrons. The van der Waals surface area contributed by atoms with Gasteiger partial charge in [-0.05, 0) is 75.5 Å². The number of amides is 2. The first-order valence-corrected chi connectivity index (χ1v) is 12.1. The van der Waals surface area contributed by atoms with Gasteiger partial charge in [-0.2, -0.15) is 0 Å². The monoisotopic (exact) mass is 454 g/mol. The SMILES string of the molecule is O=C(Nc1sc2c(c1C(=O)OCC(=O)N(C1=CCCCC1)C1CC1)CCC2)c1ccco1. The lowest BCUT2D eigenvalue weighted by atomic mass is 10.0. The number of fused-ring (bicyclic) bond motifs is 1. The molecule has 1 fully saturated rings. The van der Waals surface area contributed by atoms with Crippen molar-refractivity contribution in [2.24, 2.45) is 0 Å². The summed E-state index contributed by atoms with van der Waals surface area (Å²) in [6, 6.07) is 3.44. The van der Waals surface area contributed by atoms with Crippen molar-refractivity contribution in [2.75, 3.05) is 11.9 Å². The van der Waals surface area contributed by atoms with Gasteiger partial charge in [-0.25, -0.2) is 4.79 Å². The van der Waals surface area contributed by atoms with Crippen molar-refractivity contribution in [2.45, 2.75) is 63.8 Å². The van der Waals surface area contributed by atoms with Crippen molar-refractivity contribution in [1.29, 1.82) is 0 Å². The number of hydrogen-bond donors (Lipinski definition) is 1. The van der Waals surface area contributed by atoms with Crippen LogP contribution in [0.3, 0.4) is 0 Å². The standard InChI is InChI=1S/C24H26N2O5S/c27-20(26(16-11-12-16)15-6-2-1-3-7-15)14-31-24(29)21-17-8-4-10-19(17)32-23(21)25-22(28)18-9-5-13-30-18/h5-6,9,13,16H,1-4,7-8,10-12,14H2,(H,25,28). The number of allylic oxidation sites excluding steroid dienone is 2. The first-order valence-electron chi connectivity index (χ1n) is 11.3. The highest BCUT2D eigenvalue weighted by Gasteiger charge is 2.36. The first-order chi connectivity index (χ1) is 15.6. The molecular formula is C24H26N2O5S. The molecule has 2 amide bonds. The molecule has 0 atom stereocenters. The molecule has 1 saturated carbocycles. The summed E-state index contributed by atoms with van der Waals surface area (Å²) in [5.41, 5.74) is 2.38. The van der Waals surface area contributed by atoms with Crippen LogP contribution in [0.4, 0.5) is 5.00 Å². The molecule has 0 aromatic carbocycles. The maximum atomic E-state index is 13.1. The molecule has 2 aromatic heterocycles. The molecule has 0 spiro atoms. The van der Waals surface area contributed by atoms with E-state index in [1.54, 1.807) is 12.1 Å². The van der Waals surface area contributed by atoms with E-state index in [1.807, 2.05) is 4.90 Å². The third-order valence-corrected chi connectivity index (χ3v) is 7.39. The largest absolute Gasteiger partial charge is 0.459 e. The van der Waals surface area contributed by atoms with Gasteiger partial charge in [-0.15, -0.1) is 11.3 Å². The molecule has 2 heterocycles. The summed E-state index contributed by atoms with van der Waals surface area (Å²) >= 11 is 1.40. The van der Waals surface area contributed by atoms with E-state index in [9.17, 15) is 14.4 Å². The van der Waals surface area contributed by atoms with Gasteiger partial charge in [-0.3, -0.25) is 9.59 Å². The Balaban J connectivity index is 1.30. The fraction of sp³-hybridized carbons (Fsp3) is 0.458. The van der Waals surface area contributed by atoms with Gasteiger partial charge >= 0.3 is 5.97 Å². The molecule has 0 aliphatic heterocycles. The van der Waals surface area contributed by atoms with Gasteiger partial charge < -0.3 is 19.4 Å². The fourth-order valence-electron chi connectivity index (χ4n) is 4.52. The van der Waals surface area contributed by atoms with E-state index in [1.165, 1.54) is 17.6 Å². The number of carbonyl (C=O) groups excluding carboxylic acids is 3. The molecule has 7 nitrogen and oxygen atoms in total. The number of aryl methyl sites for hydroxylation is 1. The smallest absolute Gasteiger partial charge is 0.341 e. The highest BCUT2D eigenvalue weighted by atomic mass is 32.1. The van der Waals surface area contributed by atoms with E-state index in [4.69, 9.17) is 9.15 Å². The number of hydrogen-bond acceptors (Lipinski definition) is 6. The Morgan fingerprint density at radius 3 is 2.75 bits per heavy atom. The molecule has 3 aliphatic rings. The van der Waals surface area contributed by atoms with Crippen LogP contribution >= 0.6 is 11.3 Å². The van der Waals surface area contributed by atoms with E-state index in [-0.39, 0.29) is 24.3 Å². The van der Waals surface area contributed by atoms with E-state index in [0.717, 1.165) is 73.9 Å². The molecule has 168 valence electrons. The zero-order valence-electron chi connectivity index (χ0n) is 17.9. The molecule has 0 saturated heterocycles. The summed E-state index contributed by atoms with van der Waals surface area (Å²) in [5.74, 6) is -0.957. The number of thiophene rings is 1. The Hall–Kier alpha value is -2.87. The molecule has 32 heavy (non-hydrogen) atoms. The van der Waals surface area contributed by atoms with Gasteiger partial charge in [0.1, 0.15) is 5.00 Å². The van der Waals surface area contributed by atoms with Crippen LogP contribution in [0.25, 0.3) is 0 Å². The van der Waals surface area contributed by atoms with Gasteiger partial charge in [0.2, 0.25) is 0 Å². The Kier molecular flexibility index (Phi) is 5.87. The zero-order chi connectivity index (χ0) is 22.1. The molecule has 0 unspecified atom stereocenters. The molecular weight excluding hydrogens is 428 g/mol. The maximum absolute atomic E-state index is 13.1. The van der Waals surface area contributed by atoms with Crippen molar-refractivity contribution >= 4 is 34.1 Å². The highest BCUT2D eigenvalue weighted by molar-refractivity contribution is 7.17. The second kappa shape index (κ2) is 8.94. The lowest BCUT2D eigenvalue weighted by Gasteiger charge is -2.27. The predicted octanol–water partition coefficient (Wildman–Crippen LogP) is 4.69. The van der Waals surface area contributed by atoms with Gasteiger partial charge in [0.05, 0.1) is 11.8 Å². The van der Waals surface area contributed by atoms with E-state index in [0.29, 0.717) is 10.6 Å². The molecule has 5 rings (SSSR count). The Morgan fingerprint density at radius 1 is 1.16 bits per heavy atom. The van der Waals surface area contributed by atoms with Crippen molar-refractivity contribution in [1.82, 2.24) is 4.90 Å². The summed E-state index contributed by atoms with van der Waals surface area (Å²) < 4.78 is 10.7. The minimum atomic E-state index is -0.555. The van der Waals surface area contributed by atoms with Crippen molar-refractivity contribution < 1.29 is 23.5 Å². The molecule has 2 aromatic rings.